The van der Waals surface area contributed by atoms with Crippen LogP contribution in [0.2, 0.25) is 0 Å². The zero-order chi connectivity index (χ0) is 17.1. The summed E-state index contributed by atoms with van der Waals surface area (Å²) in [7, 11) is 1.83. The average molecular weight is 321 g/mol. The van der Waals surface area contributed by atoms with Crippen molar-refractivity contribution in [2.45, 2.75) is 13.3 Å². The molecular weight excluding hydrogens is 301 g/mol. The first-order valence-electron chi connectivity index (χ1n) is 7.94. The molecule has 0 aliphatic heterocycles. The van der Waals surface area contributed by atoms with Gasteiger partial charge >= 0.3 is 0 Å². The number of hydrogen-bond donors (Lipinski definition) is 1. The van der Waals surface area contributed by atoms with Crippen LogP contribution in [0.15, 0.2) is 65.7 Å². The van der Waals surface area contributed by atoms with E-state index in [1.54, 1.807) is 11.0 Å². The highest BCUT2D eigenvalue weighted by Crippen LogP contribution is 2.29. The number of benzene rings is 3. The van der Waals surface area contributed by atoms with E-state index in [2.05, 4.69) is 24.0 Å². The van der Waals surface area contributed by atoms with Gasteiger partial charge in [0.25, 0.3) is 0 Å². The van der Waals surface area contributed by atoms with E-state index in [4.69, 9.17) is 5.73 Å². The summed E-state index contributed by atoms with van der Waals surface area (Å²) < 4.78 is 14.3. The molecule has 3 nitrogen and oxygen atoms in total. The summed E-state index contributed by atoms with van der Waals surface area (Å²) in [6, 6.07) is 18.8. The van der Waals surface area contributed by atoms with Gasteiger partial charge in [0, 0.05) is 18.1 Å². The second-order valence-corrected chi connectivity index (χ2v) is 5.67. The van der Waals surface area contributed by atoms with Gasteiger partial charge in [0.2, 0.25) is 5.96 Å². The second kappa shape index (κ2) is 6.71. The van der Waals surface area contributed by atoms with Crippen molar-refractivity contribution >= 4 is 28.1 Å². The van der Waals surface area contributed by atoms with Crippen molar-refractivity contribution in [3.63, 3.8) is 0 Å². The van der Waals surface area contributed by atoms with Gasteiger partial charge in [-0.15, -0.1) is 0 Å². The molecule has 0 heterocycles. The highest BCUT2D eigenvalue weighted by molar-refractivity contribution is 6.00. The van der Waals surface area contributed by atoms with E-state index >= 15 is 0 Å². The van der Waals surface area contributed by atoms with Crippen LogP contribution in [0, 0.1) is 5.82 Å². The number of anilines is 1. The third kappa shape index (κ3) is 3.08. The Morgan fingerprint density at radius 1 is 1.08 bits per heavy atom. The molecule has 0 saturated carbocycles. The Morgan fingerprint density at radius 3 is 2.67 bits per heavy atom. The van der Waals surface area contributed by atoms with Gasteiger partial charge in [-0.25, -0.2) is 9.38 Å². The summed E-state index contributed by atoms with van der Waals surface area (Å²) in [6.07, 6.45) is 0.941. The molecule has 3 aromatic rings. The molecule has 3 aromatic carbocycles. The Kier molecular flexibility index (Phi) is 4.47. The van der Waals surface area contributed by atoms with Crippen LogP contribution in [0.25, 0.3) is 10.8 Å². The lowest BCUT2D eigenvalue weighted by molar-refractivity contribution is 0.631. The highest BCUT2D eigenvalue weighted by atomic mass is 19.1. The predicted octanol–water partition coefficient (Wildman–Crippen LogP) is 4.62. The molecule has 0 aliphatic rings. The molecule has 122 valence electrons. The molecule has 0 spiro atoms. The number of aryl methyl sites for hydroxylation is 1. The molecule has 0 unspecified atom stereocenters. The fourth-order valence-electron chi connectivity index (χ4n) is 2.65. The Bertz CT molecular complexity index is 902. The molecular formula is C20H20FN3. The summed E-state index contributed by atoms with van der Waals surface area (Å²) in [5.74, 6) is -0.133. The van der Waals surface area contributed by atoms with Gasteiger partial charge in [0.1, 0.15) is 11.5 Å². The molecule has 4 heteroatoms. The molecule has 0 bridgehead atoms. The van der Waals surface area contributed by atoms with Crippen LogP contribution >= 0.6 is 0 Å². The van der Waals surface area contributed by atoms with E-state index in [1.165, 1.54) is 11.6 Å². The van der Waals surface area contributed by atoms with E-state index in [1.807, 2.05) is 43.4 Å². The number of halogens is 1. The van der Waals surface area contributed by atoms with Crippen LogP contribution in [0.3, 0.4) is 0 Å². The standard InChI is InChI=1S/C20H20FN3/c1-3-14-7-6-9-16(13-14)24(2)20(22)23-19-17-10-5-4-8-15(17)11-12-18(19)21/h4-13H,3H2,1-2H3,(H2,22,23). The normalized spacial score (nSPS) is 11.7. The maximum Gasteiger partial charge on any atom is 0.200 e. The van der Waals surface area contributed by atoms with E-state index < -0.39 is 0 Å². The van der Waals surface area contributed by atoms with Crippen LogP contribution in [0.4, 0.5) is 15.8 Å². The first-order valence-corrected chi connectivity index (χ1v) is 7.94. The van der Waals surface area contributed by atoms with E-state index in [9.17, 15) is 4.39 Å². The minimum absolute atomic E-state index is 0.249. The molecule has 0 aliphatic carbocycles. The number of hydrogen-bond acceptors (Lipinski definition) is 1. The average Bonchev–Trinajstić information content (AvgIpc) is 2.63. The molecule has 0 amide bonds. The van der Waals surface area contributed by atoms with Gasteiger partial charge in [0.05, 0.1) is 0 Å². The zero-order valence-corrected chi connectivity index (χ0v) is 13.8. The third-order valence-corrected chi connectivity index (χ3v) is 4.13. The van der Waals surface area contributed by atoms with Crippen LogP contribution in [0.1, 0.15) is 12.5 Å². The smallest absolute Gasteiger partial charge is 0.200 e. The molecule has 24 heavy (non-hydrogen) atoms. The summed E-state index contributed by atoms with van der Waals surface area (Å²) in [5, 5.41) is 1.68. The molecule has 0 atom stereocenters. The molecule has 3 rings (SSSR count). The van der Waals surface area contributed by atoms with Crippen molar-refractivity contribution in [2.75, 3.05) is 11.9 Å². The quantitative estimate of drug-likeness (QED) is 0.565. The summed E-state index contributed by atoms with van der Waals surface area (Å²) >= 11 is 0. The van der Waals surface area contributed by atoms with Crippen molar-refractivity contribution in [1.29, 1.82) is 0 Å². The minimum atomic E-state index is -0.382. The van der Waals surface area contributed by atoms with Gasteiger partial charge in [-0.05, 0) is 35.6 Å². The number of nitrogens with two attached hydrogens (primary N) is 1. The van der Waals surface area contributed by atoms with Crippen LogP contribution < -0.4 is 10.6 Å². The first kappa shape index (κ1) is 16.0. The molecule has 0 aromatic heterocycles. The van der Waals surface area contributed by atoms with E-state index in [-0.39, 0.29) is 17.5 Å². The van der Waals surface area contributed by atoms with Crippen molar-refractivity contribution in [1.82, 2.24) is 0 Å². The van der Waals surface area contributed by atoms with Gasteiger partial charge in [-0.3, -0.25) is 0 Å². The lowest BCUT2D eigenvalue weighted by Crippen LogP contribution is -2.33. The lowest BCUT2D eigenvalue weighted by Gasteiger charge is -2.19. The number of nitrogens with zero attached hydrogens (tertiary/aromatic N) is 2. The molecule has 2 N–H and O–H groups in total. The van der Waals surface area contributed by atoms with Crippen molar-refractivity contribution < 1.29 is 4.39 Å². The number of guanidine groups is 1. The van der Waals surface area contributed by atoms with Crippen molar-refractivity contribution in [3.05, 3.63) is 72.0 Å². The minimum Gasteiger partial charge on any atom is -0.369 e. The van der Waals surface area contributed by atoms with Gasteiger partial charge in [0.15, 0.2) is 0 Å². The first-order chi connectivity index (χ1) is 11.6. The summed E-state index contributed by atoms with van der Waals surface area (Å²) in [4.78, 5) is 6.13. The summed E-state index contributed by atoms with van der Waals surface area (Å²) in [5.41, 5.74) is 8.55. The number of aliphatic imine (C=N–C) groups is 1. The third-order valence-electron chi connectivity index (χ3n) is 4.13. The number of rotatable bonds is 3. The Labute approximate surface area is 141 Å². The van der Waals surface area contributed by atoms with Gasteiger partial charge < -0.3 is 10.6 Å². The molecule has 0 fully saturated rings. The second-order valence-electron chi connectivity index (χ2n) is 5.67. The molecule has 0 radical (unpaired) electrons. The Morgan fingerprint density at radius 2 is 1.88 bits per heavy atom. The lowest BCUT2D eigenvalue weighted by atomic mass is 10.1. The topological polar surface area (TPSA) is 41.6 Å². The maximum absolute atomic E-state index is 14.3. The fourth-order valence-corrected chi connectivity index (χ4v) is 2.65. The Balaban J connectivity index is 2.03. The fraction of sp³-hybridized carbons (Fsp3) is 0.150. The number of fused-ring (bicyclic) bond motifs is 1. The van der Waals surface area contributed by atoms with Crippen molar-refractivity contribution in [2.24, 2.45) is 10.7 Å². The van der Waals surface area contributed by atoms with Gasteiger partial charge in [-0.1, -0.05) is 49.4 Å². The van der Waals surface area contributed by atoms with Crippen LogP contribution in [0.5, 0.6) is 0 Å². The maximum atomic E-state index is 14.3. The highest BCUT2D eigenvalue weighted by Gasteiger charge is 2.10. The predicted molar refractivity (Wildman–Crippen MR) is 99.4 cm³/mol. The zero-order valence-electron chi connectivity index (χ0n) is 13.8. The van der Waals surface area contributed by atoms with E-state index in [0.717, 1.165) is 22.9 Å². The summed E-state index contributed by atoms with van der Waals surface area (Å²) in [6.45, 7) is 2.10. The molecule has 0 saturated heterocycles. The van der Waals surface area contributed by atoms with E-state index in [0.29, 0.717) is 0 Å². The van der Waals surface area contributed by atoms with Crippen LogP contribution in [-0.2, 0) is 6.42 Å². The van der Waals surface area contributed by atoms with Gasteiger partial charge in [-0.2, -0.15) is 0 Å². The SMILES string of the molecule is CCc1cccc(N(C)C(N)=Nc2c(F)ccc3ccccc23)c1. The monoisotopic (exact) mass is 321 g/mol. The van der Waals surface area contributed by atoms with Crippen molar-refractivity contribution in [3.8, 4) is 0 Å². The Hall–Kier alpha value is -2.88. The largest absolute Gasteiger partial charge is 0.369 e. The van der Waals surface area contributed by atoms with Crippen LogP contribution in [-0.4, -0.2) is 13.0 Å².